The normalized spacial score (nSPS) is 10.8. The van der Waals surface area contributed by atoms with Crippen molar-refractivity contribution in [3.8, 4) is 5.75 Å². The number of methoxy groups -OCH3 is 1. The molecule has 29 heavy (non-hydrogen) atoms. The van der Waals surface area contributed by atoms with Crippen molar-refractivity contribution < 1.29 is 9.66 Å². The average Bonchev–Trinajstić information content (AvgIpc) is 3.11. The third-order valence-corrected chi connectivity index (χ3v) is 6.01. The molecule has 2 aromatic heterocycles. The number of benzene rings is 2. The van der Waals surface area contributed by atoms with Crippen LogP contribution in [0.4, 0.5) is 16.6 Å². The first-order valence-corrected chi connectivity index (χ1v) is 10.2. The van der Waals surface area contributed by atoms with Gasteiger partial charge in [-0.1, -0.05) is 34.7 Å². The molecule has 0 unspecified atom stereocenters. The summed E-state index contributed by atoms with van der Waals surface area (Å²) in [5, 5.41) is 16.0. The van der Waals surface area contributed by atoms with E-state index in [1.807, 2.05) is 12.1 Å². The van der Waals surface area contributed by atoms with Gasteiger partial charge in [-0.3, -0.25) is 10.1 Å². The molecular formula is C18H12ClN5O3S2. The van der Waals surface area contributed by atoms with Crippen LogP contribution in [-0.4, -0.2) is 27.0 Å². The van der Waals surface area contributed by atoms with Crippen molar-refractivity contribution in [1.82, 2.24) is 15.0 Å². The Bertz CT molecular complexity index is 1200. The Kier molecular flexibility index (Phi) is 5.47. The number of thiazole rings is 1. The van der Waals surface area contributed by atoms with Gasteiger partial charge >= 0.3 is 5.69 Å². The van der Waals surface area contributed by atoms with Gasteiger partial charge in [0.15, 0.2) is 10.2 Å². The minimum atomic E-state index is -0.503. The van der Waals surface area contributed by atoms with E-state index in [0.717, 1.165) is 26.9 Å². The molecule has 2 heterocycles. The van der Waals surface area contributed by atoms with Crippen LogP contribution < -0.4 is 10.1 Å². The Morgan fingerprint density at radius 3 is 2.72 bits per heavy atom. The van der Waals surface area contributed by atoms with E-state index in [0.29, 0.717) is 15.9 Å². The fourth-order valence-electron chi connectivity index (χ4n) is 2.49. The molecule has 0 fully saturated rings. The summed E-state index contributed by atoms with van der Waals surface area (Å²) >= 11 is 8.41. The van der Waals surface area contributed by atoms with E-state index in [-0.39, 0.29) is 16.5 Å². The predicted octanol–water partition coefficient (Wildman–Crippen LogP) is 5.55. The van der Waals surface area contributed by atoms with Gasteiger partial charge < -0.3 is 10.1 Å². The molecule has 0 atom stereocenters. The lowest BCUT2D eigenvalue weighted by Gasteiger charge is -2.06. The maximum absolute atomic E-state index is 11.8. The van der Waals surface area contributed by atoms with Crippen molar-refractivity contribution >= 4 is 61.6 Å². The van der Waals surface area contributed by atoms with Crippen LogP contribution >= 0.6 is 34.7 Å². The third-order valence-electron chi connectivity index (χ3n) is 3.82. The molecule has 0 amide bonds. The van der Waals surface area contributed by atoms with Gasteiger partial charge in [0.25, 0.3) is 0 Å². The fraction of sp³-hybridized carbons (Fsp3) is 0.0556. The number of nitro groups is 1. The molecule has 11 heteroatoms. The lowest BCUT2D eigenvalue weighted by atomic mass is 10.3. The van der Waals surface area contributed by atoms with Crippen LogP contribution in [0.25, 0.3) is 10.2 Å². The van der Waals surface area contributed by atoms with Crippen LogP contribution in [0.1, 0.15) is 0 Å². The second-order valence-corrected chi connectivity index (χ2v) is 8.20. The summed E-state index contributed by atoms with van der Waals surface area (Å²) in [6.07, 6.45) is 1.28. The van der Waals surface area contributed by atoms with E-state index in [4.69, 9.17) is 16.3 Å². The second-order valence-electron chi connectivity index (χ2n) is 5.67. The van der Waals surface area contributed by atoms with Gasteiger partial charge in [-0.15, -0.1) is 0 Å². The largest absolute Gasteiger partial charge is 0.497 e. The molecule has 4 aromatic rings. The first kappa shape index (κ1) is 19.4. The number of hydrogen-bond donors (Lipinski definition) is 1. The molecule has 8 nitrogen and oxygen atoms in total. The Morgan fingerprint density at radius 1 is 1.21 bits per heavy atom. The topological polar surface area (TPSA) is 103 Å². The highest BCUT2D eigenvalue weighted by molar-refractivity contribution is 7.99. The summed E-state index contributed by atoms with van der Waals surface area (Å²) in [6, 6.07) is 12.5. The van der Waals surface area contributed by atoms with Crippen molar-refractivity contribution in [2.24, 2.45) is 0 Å². The number of nitrogens with zero attached hydrogens (tertiary/aromatic N) is 4. The van der Waals surface area contributed by atoms with Gasteiger partial charge in [-0.25, -0.2) is 15.0 Å². The lowest BCUT2D eigenvalue weighted by Crippen LogP contribution is -2.02. The van der Waals surface area contributed by atoms with Crippen LogP contribution in [-0.2, 0) is 0 Å². The van der Waals surface area contributed by atoms with Gasteiger partial charge in [-0.2, -0.15) is 0 Å². The number of fused-ring (bicyclic) bond motifs is 1. The first-order chi connectivity index (χ1) is 14.0. The van der Waals surface area contributed by atoms with Crippen LogP contribution in [0.2, 0.25) is 5.02 Å². The van der Waals surface area contributed by atoms with Gasteiger partial charge in [0.05, 0.1) is 22.2 Å². The van der Waals surface area contributed by atoms with E-state index in [1.165, 1.54) is 17.7 Å². The number of halogens is 1. The zero-order chi connectivity index (χ0) is 20.4. The van der Waals surface area contributed by atoms with Gasteiger partial charge in [0.1, 0.15) is 12.1 Å². The smallest absolute Gasteiger partial charge is 0.344 e. The fourth-order valence-corrected chi connectivity index (χ4v) is 4.38. The van der Waals surface area contributed by atoms with E-state index in [1.54, 1.807) is 37.4 Å². The molecule has 0 aliphatic heterocycles. The van der Waals surface area contributed by atoms with E-state index < -0.39 is 4.92 Å². The van der Waals surface area contributed by atoms with Gasteiger partial charge in [-0.05, 0) is 42.5 Å². The highest BCUT2D eigenvalue weighted by Crippen LogP contribution is 2.39. The average molecular weight is 446 g/mol. The predicted molar refractivity (Wildman–Crippen MR) is 114 cm³/mol. The minimum absolute atomic E-state index is 0.0764. The molecule has 0 aliphatic carbocycles. The van der Waals surface area contributed by atoms with Crippen molar-refractivity contribution in [3.05, 3.63) is 63.9 Å². The zero-order valence-corrected chi connectivity index (χ0v) is 17.2. The molecule has 0 saturated carbocycles. The van der Waals surface area contributed by atoms with Crippen LogP contribution in [0, 0.1) is 10.1 Å². The molecule has 0 radical (unpaired) electrons. The third kappa shape index (κ3) is 4.24. The molecule has 0 saturated heterocycles. The zero-order valence-electron chi connectivity index (χ0n) is 14.8. The van der Waals surface area contributed by atoms with Gasteiger partial charge in [0, 0.05) is 9.92 Å². The molecule has 0 aliphatic rings. The molecule has 0 spiro atoms. The summed E-state index contributed by atoms with van der Waals surface area (Å²) in [4.78, 5) is 24.6. The number of rotatable bonds is 6. The van der Waals surface area contributed by atoms with Crippen molar-refractivity contribution in [2.45, 2.75) is 9.92 Å². The number of anilines is 2. The van der Waals surface area contributed by atoms with E-state index in [2.05, 4.69) is 20.3 Å². The number of nitrogens with one attached hydrogen (secondary N) is 1. The van der Waals surface area contributed by atoms with E-state index in [9.17, 15) is 10.1 Å². The quantitative estimate of drug-likeness (QED) is 0.234. The van der Waals surface area contributed by atoms with Crippen molar-refractivity contribution in [3.63, 3.8) is 0 Å². The van der Waals surface area contributed by atoms with Crippen LogP contribution in [0.3, 0.4) is 0 Å². The molecule has 4 rings (SSSR count). The molecule has 0 bridgehead atoms. The number of hydrogen-bond acceptors (Lipinski definition) is 9. The second kappa shape index (κ2) is 8.19. The Morgan fingerprint density at radius 2 is 2.00 bits per heavy atom. The molecule has 1 N–H and O–H groups in total. The van der Waals surface area contributed by atoms with E-state index >= 15 is 0 Å². The maximum Gasteiger partial charge on any atom is 0.344 e. The standard InChI is InChI=1S/C18H12ClN5O3S2/c1-27-11-4-7-13-14(8-11)29-18(22-13)23-16-15(24(25)26)17(21-9-20-16)28-12-5-2-10(19)3-6-12/h2-9H,1H3,(H,20,21,22,23). The molecule has 2 aromatic carbocycles. The first-order valence-electron chi connectivity index (χ1n) is 8.18. The lowest BCUT2D eigenvalue weighted by molar-refractivity contribution is -0.387. The number of ether oxygens (including phenoxy) is 1. The summed E-state index contributed by atoms with van der Waals surface area (Å²) in [6.45, 7) is 0. The summed E-state index contributed by atoms with van der Waals surface area (Å²) in [5.41, 5.74) is 0.537. The molecule has 146 valence electrons. The SMILES string of the molecule is COc1ccc2nc(Nc3ncnc(Sc4ccc(Cl)cc4)c3[N+](=O)[O-])sc2c1. The Labute approximate surface area is 178 Å². The summed E-state index contributed by atoms with van der Waals surface area (Å²) in [5.74, 6) is 0.787. The maximum atomic E-state index is 11.8. The highest BCUT2D eigenvalue weighted by atomic mass is 35.5. The van der Waals surface area contributed by atoms with Crippen molar-refractivity contribution in [2.75, 3.05) is 12.4 Å². The minimum Gasteiger partial charge on any atom is -0.497 e. The summed E-state index contributed by atoms with van der Waals surface area (Å²) in [7, 11) is 1.59. The Hall–Kier alpha value is -2.95. The Balaban J connectivity index is 1.68. The van der Waals surface area contributed by atoms with Gasteiger partial charge in [0.2, 0.25) is 5.82 Å². The molecular weight excluding hydrogens is 434 g/mol. The van der Waals surface area contributed by atoms with Crippen molar-refractivity contribution in [1.29, 1.82) is 0 Å². The van der Waals surface area contributed by atoms with Crippen LogP contribution in [0.15, 0.2) is 58.7 Å². The monoisotopic (exact) mass is 445 g/mol. The summed E-state index contributed by atoms with van der Waals surface area (Å²) < 4.78 is 6.11. The highest BCUT2D eigenvalue weighted by Gasteiger charge is 2.24. The van der Waals surface area contributed by atoms with Crippen LogP contribution in [0.5, 0.6) is 5.75 Å². The number of aromatic nitrogens is 3.